The first-order chi connectivity index (χ1) is 25.2. The summed E-state index contributed by atoms with van der Waals surface area (Å²) in [6, 6.07) is 0. The minimum absolute atomic E-state index is 0.0319. The summed E-state index contributed by atoms with van der Waals surface area (Å²) in [5.41, 5.74) is 0. The van der Waals surface area contributed by atoms with Gasteiger partial charge in [-0.05, 0) is 55.4 Å². The van der Waals surface area contributed by atoms with E-state index >= 15 is 0 Å². The lowest BCUT2D eigenvalue weighted by molar-refractivity contribution is -0.177. The van der Waals surface area contributed by atoms with Crippen LogP contribution in [0.4, 0.5) is 0 Å². The Balaban J connectivity index is 0.000000208. The molecule has 6 unspecified atom stereocenters. The van der Waals surface area contributed by atoms with E-state index in [1.165, 1.54) is 12.2 Å². The average Bonchev–Trinajstić information content (AvgIpc) is 3.99. The van der Waals surface area contributed by atoms with E-state index in [0.29, 0.717) is 13.2 Å². The summed E-state index contributed by atoms with van der Waals surface area (Å²) in [6.07, 6.45) is -5.19. The average molecular weight is 773 g/mol. The van der Waals surface area contributed by atoms with Gasteiger partial charge in [-0.1, -0.05) is 25.3 Å². The topological polar surface area (TPSA) is 204 Å². The zero-order valence-electron chi connectivity index (χ0n) is 31.9. The Hall–Kier alpha value is -3.04. The number of esters is 4. The van der Waals surface area contributed by atoms with Crippen molar-refractivity contribution in [1.29, 1.82) is 0 Å². The summed E-state index contributed by atoms with van der Waals surface area (Å²) in [5.74, 6) is -6.70. The summed E-state index contributed by atoms with van der Waals surface area (Å²) < 4.78 is 77.2. The van der Waals surface area contributed by atoms with E-state index in [9.17, 15) is 19.2 Å². The molecule has 18 heteroatoms. The van der Waals surface area contributed by atoms with Gasteiger partial charge in [0.25, 0.3) is 0 Å². The van der Waals surface area contributed by atoms with E-state index in [0.717, 1.165) is 0 Å². The molecule has 54 heavy (non-hydrogen) atoms. The number of rotatable bonds is 14. The maximum atomic E-state index is 12.6. The Kier molecular flexibility index (Phi) is 12.9. The van der Waals surface area contributed by atoms with Crippen molar-refractivity contribution in [3.05, 3.63) is 25.3 Å². The second-order valence-corrected chi connectivity index (χ2v) is 15.1. The highest BCUT2D eigenvalue weighted by molar-refractivity contribution is 5.79. The quantitative estimate of drug-likeness (QED) is 0.106. The molecule has 0 N–H and O–H groups in total. The summed E-state index contributed by atoms with van der Waals surface area (Å²) in [4.78, 5) is 49.9. The largest absolute Gasteiger partial charge is 0.461 e. The molecule has 6 aliphatic rings. The van der Waals surface area contributed by atoms with Crippen molar-refractivity contribution in [2.24, 2.45) is 0 Å². The van der Waals surface area contributed by atoms with Gasteiger partial charge in [0.15, 0.2) is 47.6 Å². The Bertz CT molecular complexity index is 1300. The van der Waals surface area contributed by atoms with Crippen LogP contribution in [-0.4, -0.2) is 148 Å². The molecule has 6 rings (SSSR count). The molecule has 0 aromatic heterocycles. The van der Waals surface area contributed by atoms with Gasteiger partial charge in [0, 0.05) is 0 Å². The molecule has 0 aromatic carbocycles. The highest BCUT2D eigenvalue weighted by atomic mass is 16.8. The molecule has 6 saturated heterocycles. The van der Waals surface area contributed by atoms with Crippen molar-refractivity contribution >= 4 is 23.9 Å². The van der Waals surface area contributed by atoms with E-state index in [4.69, 9.17) is 66.3 Å². The third-order valence-corrected chi connectivity index (χ3v) is 8.41. The van der Waals surface area contributed by atoms with Gasteiger partial charge in [0.05, 0.1) is 13.2 Å². The SMILES string of the molecule is C=CCOC(=O)[C@H]1OC(C)(C)OC1C1OC(C)(C)O[C@H]1C(=O)OCC=C.CC1(C)OC(C2OC(C)(C)O[C@H]2C(=O)OCC2CO2)[C@@H](C(=O)OCC2CO2)O1. The fraction of sp³-hybridized carbons (Fsp3) is 0.778. The Morgan fingerprint density at radius 1 is 0.481 bits per heavy atom. The van der Waals surface area contributed by atoms with Crippen LogP contribution < -0.4 is 0 Å². The molecule has 18 nitrogen and oxygen atoms in total. The first-order valence-electron chi connectivity index (χ1n) is 17.8. The van der Waals surface area contributed by atoms with Gasteiger partial charge < -0.3 is 66.3 Å². The molecule has 6 fully saturated rings. The maximum absolute atomic E-state index is 12.6. The molecule has 0 spiro atoms. The summed E-state index contributed by atoms with van der Waals surface area (Å²) in [6.45, 7) is 21.8. The molecule has 0 bridgehead atoms. The highest BCUT2D eigenvalue weighted by Crippen LogP contribution is 2.41. The zero-order valence-corrected chi connectivity index (χ0v) is 31.9. The summed E-state index contributed by atoms with van der Waals surface area (Å²) in [7, 11) is 0. The van der Waals surface area contributed by atoms with Gasteiger partial charge >= 0.3 is 23.9 Å². The molecule has 0 amide bonds. The van der Waals surface area contributed by atoms with Crippen molar-refractivity contribution in [2.45, 2.75) is 140 Å². The monoisotopic (exact) mass is 772 g/mol. The predicted octanol–water partition coefficient (Wildman–Crippen LogP) is 1.40. The zero-order chi connectivity index (χ0) is 39.6. The molecule has 0 aliphatic carbocycles. The van der Waals surface area contributed by atoms with Crippen LogP contribution in [0.5, 0.6) is 0 Å². The van der Waals surface area contributed by atoms with Crippen molar-refractivity contribution in [2.75, 3.05) is 39.6 Å². The van der Waals surface area contributed by atoms with Crippen LogP contribution in [0, 0.1) is 0 Å². The summed E-state index contributed by atoms with van der Waals surface area (Å²) in [5, 5.41) is 0. The van der Waals surface area contributed by atoms with Crippen LogP contribution in [0.1, 0.15) is 55.4 Å². The number of epoxide rings is 2. The lowest BCUT2D eigenvalue weighted by Crippen LogP contribution is -2.48. The Morgan fingerprint density at radius 3 is 0.944 bits per heavy atom. The van der Waals surface area contributed by atoms with Crippen LogP contribution in [0.3, 0.4) is 0 Å². The van der Waals surface area contributed by atoms with Crippen LogP contribution in [0.2, 0.25) is 0 Å². The molecular formula is C36H52O18. The van der Waals surface area contributed by atoms with E-state index < -0.39 is 95.9 Å². The van der Waals surface area contributed by atoms with Crippen molar-refractivity contribution in [1.82, 2.24) is 0 Å². The van der Waals surface area contributed by atoms with Gasteiger partial charge in [-0.3, -0.25) is 0 Å². The Labute approximate surface area is 313 Å². The maximum Gasteiger partial charge on any atom is 0.338 e. The molecule has 304 valence electrons. The molecule has 0 saturated carbocycles. The standard InChI is InChI=1S/C18H26O10.C18H26O8/c1-17(2)25-11(13(27-17)15(19)23-7-9-5-21-9)12-14(28-18(3,4)26-12)16(20)24-8-10-6-22-10;1-7-9-21-15(19)13-11(23-17(3,4)25-13)12-14(16(20)22-10-8-2)26-18(5,6)24-12/h9-14H,5-8H2,1-4H3;7-8,11-14H,1-2,9-10H2,3-6H3/t9?,10?,11?,12?,13-,14+;11?,12?,13-,14+. The molecule has 10 atom stereocenters. The lowest BCUT2D eigenvalue weighted by Gasteiger charge is -2.24. The molecular weight excluding hydrogens is 720 g/mol. The van der Waals surface area contributed by atoms with E-state index in [-0.39, 0.29) is 38.6 Å². The Morgan fingerprint density at radius 2 is 0.722 bits per heavy atom. The number of hydrogen-bond acceptors (Lipinski definition) is 18. The van der Waals surface area contributed by atoms with Gasteiger partial charge in [-0.25, -0.2) is 19.2 Å². The number of carbonyl (C=O) groups is 4. The third-order valence-electron chi connectivity index (χ3n) is 8.41. The first kappa shape index (κ1) is 42.1. The van der Waals surface area contributed by atoms with Crippen LogP contribution >= 0.6 is 0 Å². The second-order valence-electron chi connectivity index (χ2n) is 15.1. The highest BCUT2D eigenvalue weighted by Gasteiger charge is 2.60. The fourth-order valence-electron chi connectivity index (χ4n) is 6.14. The molecule has 0 radical (unpaired) electrons. The van der Waals surface area contributed by atoms with Gasteiger partial charge in [0.1, 0.15) is 63.1 Å². The van der Waals surface area contributed by atoms with Crippen molar-refractivity contribution in [3.8, 4) is 0 Å². The number of hydrogen-bond donors (Lipinski definition) is 0. The minimum Gasteiger partial charge on any atom is -0.461 e. The van der Waals surface area contributed by atoms with Crippen LogP contribution in [0.15, 0.2) is 25.3 Å². The van der Waals surface area contributed by atoms with E-state index in [2.05, 4.69) is 13.2 Å². The van der Waals surface area contributed by atoms with Gasteiger partial charge in [-0.2, -0.15) is 0 Å². The predicted molar refractivity (Wildman–Crippen MR) is 179 cm³/mol. The second kappa shape index (κ2) is 16.6. The van der Waals surface area contributed by atoms with Crippen LogP contribution in [-0.2, 0) is 85.5 Å². The van der Waals surface area contributed by atoms with Crippen molar-refractivity contribution < 1.29 is 85.5 Å². The summed E-state index contributed by atoms with van der Waals surface area (Å²) >= 11 is 0. The lowest BCUT2D eigenvalue weighted by atomic mass is 10.0. The van der Waals surface area contributed by atoms with Gasteiger partial charge in [0.2, 0.25) is 0 Å². The molecule has 0 aromatic rings. The normalized spacial score (nSPS) is 36.2. The van der Waals surface area contributed by atoms with E-state index in [1.54, 1.807) is 55.4 Å². The first-order valence-corrected chi connectivity index (χ1v) is 17.8. The van der Waals surface area contributed by atoms with E-state index in [1.807, 2.05) is 0 Å². The smallest absolute Gasteiger partial charge is 0.338 e. The number of ether oxygens (including phenoxy) is 14. The van der Waals surface area contributed by atoms with Gasteiger partial charge in [-0.15, -0.1) is 0 Å². The van der Waals surface area contributed by atoms with Crippen molar-refractivity contribution in [3.63, 3.8) is 0 Å². The minimum atomic E-state index is -1.08. The molecule has 6 aliphatic heterocycles. The number of carbonyl (C=O) groups excluding carboxylic acids is 4. The fourth-order valence-corrected chi connectivity index (χ4v) is 6.14. The van der Waals surface area contributed by atoms with Crippen LogP contribution in [0.25, 0.3) is 0 Å². The third kappa shape index (κ3) is 11.0. The molecule has 6 heterocycles.